The summed E-state index contributed by atoms with van der Waals surface area (Å²) in [5.74, 6) is 0.802. The van der Waals surface area contributed by atoms with Gasteiger partial charge in [0.2, 0.25) is 0 Å². The molecule has 5 nitrogen and oxygen atoms in total. The molecule has 1 aromatic carbocycles. The molecule has 6 heteroatoms. The van der Waals surface area contributed by atoms with Crippen molar-refractivity contribution in [2.24, 2.45) is 0 Å². The van der Waals surface area contributed by atoms with Gasteiger partial charge in [-0.1, -0.05) is 18.2 Å². The summed E-state index contributed by atoms with van der Waals surface area (Å²) < 4.78 is 5.40. The van der Waals surface area contributed by atoms with Gasteiger partial charge in [-0.25, -0.2) is 0 Å². The first-order valence-corrected chi connectivity index (χ1v) is 8.81. The molecule has 5 rings (SSSR count). The number of benzene rings is 1. The summed E-state index contributed by atoms with van der Waals surface area (Å²) >= 11 is 5.65. The van der Waals surface area contributed by atoms with Crippen LogP contribution in [-0.2, 0) is 17.8 Å². The van der Waals surface area contributed by atoms with Crippen LogP contribution in [0.15, 0.2) is 47.1 Å². The minimum Gasteiger partial charge on any atom is -0.467 e. The standard InChI is InChI=1S/C19H17N3O2S/c1-11-17-14(13-6-2-3-7-15(13)20-17)9-16-18(23)21(19(25)22(11)16)10-12-5-4-8-24-12/h2-8,11,16,20H,9-10H2,1H3/t11-,16+/m0/s1. The average molecular weight is 351 g/mol. The van der Waals surface area contributed by atoms with E-state index in [4.69, 9.17) is 16.6 Å². The number of amides is 1. The maximum atomic E-state index is 13.0. The van der Waals surface area contributed by atoms with Gasteiger partial charge in [0, 0.05) is 23.0 Å². The van der Waals surface area contributed by atoms with Crippen LogP contribution in [-0.4, -0.2) is 31.8 Å². The summed E-state index contributed by atoms with van der Waals surface area (Å²) in [5.41, 5.74) is 3.51. The number of carbonyl (C=O) groups excluding carboxylic acids is 1. The molecule has 0 radical (unpaired) electrons. The average Bonchev–Trinajstić information content (AvgIpc) is 3.30. The molecule has 1 N–H and O–H groups in total. The van der Waals surface area contributed by atoms with E-state index in [9.17, 15) is 4.79 Å². The molecule has 0 unspecified atom stereocenters. The SMILES string of the molecule is C[C@H]1c2[nH]c3ccccc3c2C[C@@H]2C(=O)N(Cc3ccco3)C(=S)N21. The van der Waals surface area contributed by atoms with Crippen LogP contribution in [0.5, 0.6) is 0 Å². The van der Waals surface area contributed by atoms with Crippen LogP contribution < -0.4 is 0 Å². The molecule has 1 amide bonds. The van der Waals surface area contributed by atoms with Gasteiger partial charge in [0.15, 0.2) is 5.11 Å². The topological polar surface area (TPSA) is 52.5 Å². The van der Waals surface area contributed by atoms with E-state index in [2.05, 4.69) is 28.9 Å². The van der Waals surface area contributed by atoms with Crippen molar-refractivity contribution in [2.45, 2.75) is 32.0 Å². The summed E-state index contributed by atoms with van der Waals surface area (Å²) in [4.78, 5) is 20.3. The Labute approximate surface area is 150 Å². The number of hydrogen-bond donors (Lipinski definition) is 1. The van der Waals surface area contributed by atoms with Crippen LogP contribution in [0.3, 0.4) is 0 Å². The van der Waals surface area contributed by atoms with E-state index < -0.39 is 0 Å². The Morgan fingerprint density at radius 2 is 2.12 bits per heavy atom. The van der Waals surface area contributed by atoms with Crippen molar-refractivity contribution < 1.29 is 9.21 Å². The number of hydrogen-bond acceptors (Lipinski definition) is 3. The number of aromatic amines is 1. The van der Waals surface area contributed by atoms with E-state index >= 15 is 0 Å². The molecule has 0 spiro atoms. The Morgan fingerprint density at radius 3 is 2.92 bits per heavy atom. The lowest BCUT2D eigenvalue weighted by Crippen LogP contribution is -2.42. The monoisotopic (exact) mass is 351 g/mol. The zero-order valence-corrected chi connectivity index (χ0v) is 14.5. The number of thiocarbonyl (C=S) groups is 1. The van der Waals surface area contributed by atoms with Crippen LogP contribution in [0.2, 0.25) is 0 Å². The van der Waals surface area contributed by atoms with Crippen molar-refractivity contribution in [3.05, 3.63) is 59.7 Å². The van der Waals surface area contributed by atoms with Gasteiger partial charge in [-0.3, -0.25) is 9.69 Å². The van der Waals surface area contributed by atoms with Crippen LogP contribution >= 0.6 is 12.2 Å². The minimum atomic E-state index is -0.232. The van der Waals surface area contributed by atoms with Crippen molar-refractivity contribution in [1.82, 2.24) is 14.8 Å². The molecular formula is C19H17N3O2S. The summed E-state index contributed by atoms with van der Waals surface area (Å²) in [5, 5.41) is 1.79. The Bertz CT molecular complexity index is 991. The third-order valence-corrected chi connectivity index (χ3v) is 5.74. The van der Waals surface area contributed by atoms with Crippen molar-refractivity contribution in [1.29, 1.82) is 0 Å². The largest absolute Gasteiger partial charge is 0.467 e. The van der Waals surface area contributed by atoms with E-state index in [1.54, 1.807) is 11.2 Å². The maximum absolute atomic E-state index is 13.0. The molecule has 0 bridgehead atoms. The smallest absolute Gasteiger partial charge is 0.252 e. The minimum absolute atomic E-state index is 0.0409. The van der Waals surface area contributed by atoms with E-state index in [0.717, 1.165) is 17.0 Å². The van der Waals surface area contributed by atoms with Gasteiger partial charge in [-0.2, -0.15) is 0 Å². The zero-order chi connectivity index (χ0) is 17.1. The van der Waals surface area contributed by atoms with E-state index in [1.165, 1.54) is 10.9 Å². The Hall–Kier alpha value is -2.60. The molecule has 25 heavy (non-hydrogen) atoms. The fourth-order valence-corrected chi connectivity index (χ4v) is 4.56. The predicted octanol–water partition coefficient (Wildman–Crippen LogP) is 3.38. The number of H-pyrrole nitrogens is 1. The highest BCUT2D eigenvalue weighted by Crippen LogP contribution is 2.40. The van der Waals surface area contributed by atoms with Crippen molar-refractivity contribution >= 4 is 34.1 Å². The number of rotatable bonds is 2. The maximum Gasteiger partial charge on any atom is 0.252 e. The first-order valence-electron chi connectivity index (χ1n) is 8.40. The lowest BCUT2D eigenvalue weighted by molar-refractivity contribution is -0.129. The normalized spacial score (nSPS) is 22.6. The highest BCUT2D eigenvalue weighted by molar-refractivity contribution is 7.80. The van der Waals surface area contributed by atoms with E-state index in [0.29, 0.717) is 18.1 Å². The Morgan fingerprint density at radius 1 is 1.28 bits per heavy atom. The molecule has 2 atom stereocenters. The highest BCUT2D eigenvalue weighted by atomic mass is 32.1. The Kier molecular flexibility index (Phi) is 3.06. The second-order valence-electron chi connectivity index (χ2n) is 6.65. The number of para-hydroxylation sites is 1. The zero-order valence-electron chi connectivity index (χ0n) is 13.7. The molecule has 126 valence electrons. The quantitative estimate of drug-likeness (QED) is 0.719. The van der Waals surface area contributed by atoms with Gasteiger partial charge < -0.3 is 14.3 Å². The lowest BCUT2D eigenvalue weighted by Gasteiger charge is -2.34. The van der Waals surface area contributed by atoms with Gasteiger partial charge in [-0.05, 0) is 42.9 Å². The van der Waals surface area contributed by atoms with Gasteiger partial charge in [-0.15, -0.1) is 0 Å². The molecule has 1 saturated heterocycles. The first kappa shape index (κ1) is 14.7. The fourth-order valence-electron chi connectivity index (χ4n) is 4.12. The Balaban J connectivity index is 1.55. The molecule has 2 aromatic heterocycles. The van der Waals surface area contributed by atoms with Crippen LogP contribution in [0.1, 0.15) is 30.0 Å². The number of nitrogens with zero attached hydrogens (tertiary/aromatic N) is 2. The number of aromatic nitrogens is 1. The van der Waals surface area contributed by atoms with Gasteiger partial charge in [0.25, 0.3) is 5.91 Å². The molecule has 0 saturated carbocycles. The van der Waals surface area contributed by atoms with Crippen molar-refractivity contribution in [3.63, 3.8) is 0 Å². The number of furan rings is 1. The lowest BCUT2D eigenvalue weighted by atomic mass is 9.93. The second-order valence-corrected chi connectivity index (χ2v) is 7.02. The molecule has 4 heterocycles. The van der Waals surface area contributed by atoms with Gasteiger partial charge >= 0.3 is 0 Å². The summed E-state index contributed by atoms with van der Waals surface area (Å²) in [6.07, 6.45) is 2.29. The van der Waals surface area contributed by atoms with Crippen LogP contribution in [0.25, 0.3) is 10.9 Å². The van der Waals surface area contributed by atoms with Crippen LogP contribution in [0, 0.1) is 0 Å². The van der Waals surface area contributed by atoms with Crippen molar-refractivity contribution in [2.75, 3.05) is 0 Å². The molecule has 1 fully saturated rings. The summed E-state index contributed by atoms with van der Waals surface area (Å²) in [7, 11) is 0. The molecule has 0 aliphatic carbocycles. The third kappa shape index (κ3) is 2.00. The van der Waals surface area contributed by atoms with Gasteiger partial charge in [0.05, 0.1) is 18.8 Å². The van der Waals surface area contributed by atoms with Gasteiger partial charge in [0.1, 0.15) is 11.8 Å². The molecular weight excluding hydrogens is 334 g/mol. The number of nitrogens with one attached hydrogen (secondary N) is 1. The number of carbonyl (C=O) groups is 1. The summed E-state index contributed by atoms with van der Waals surface area (Å²) in [6, 6.07) is 11.8. The first-order chi connectivity index (χ1) is 12.1. The predicted molar refractivity (Wildman–Crippen MR) is 97.9 cm³/mol. The third-order valence-electron chi connectivity index (χ3n) is 5.31. The molecule has 2 aliphatic heterocycles. The van der Waals surface area contributed by atoms with E-state index in [1.807, 2.05) is 24.3 Å². The van der Waals surface area contributed by atoms with Crippen LogP contribution in [0.4, 0.5) is 0 Å². The van der Waals surface area contributed by atoms with Crippen molar-refractivity contribution in [3.8, 4) is 0 Å². The number of fused-ring (bicyclic) bond motifs is 4. The summed E-state index contributed by atoms with van der Waals surface area (Å²) in [6.45, 7) is 2.50. The highest BCUT2D eigenvalue weighted by Gasteiger charge is 2.48. The molecule has 2 aliphatic rings. The second kappa shape index (κ2) is 5.20. The fraction of sp³-hybridized carbons (Fsp3) is 0.263. The molecule has 3 aromatic rings. The van der Waals surface area contributed by atoms with E-state index in [-0.39, 0.29) is 18.0 Å².